The molecule has 1 aromatic heterocycles. The molecule has 0 unspecified atom stereocenters. The smallest absolute Gasteiger partial charge is 0.221 e. The quantitative estimate of drug-likeness (QED) is 0.826. The van der Waals surface area contributed by atoms with Crippen LogP contribution < -0.4 is 0 Å². The van der Waals surface area contributed by atoms with Crippen LogP contribution in [0.25, 0.3) is 0 Å². The SMILES string of the molecule is O=S(=O)(CCC(F)=C(F)F)c1nncs1. The van der Waals surface area contributed by atoms with E-state index in [9.17, 15) is 21.6 Å². The molecule has 1 heterocycles. The van der Waals surface area contributed by atoms with Crippen molar-refractivity contribution < 1.29 is 21.6 Å². The number of sulfone groups is 1. The van der Waals surface area contributed by atoms with Crippen LogP contribution in [0.5, 0.6) is 0 Å². The lowest BCUT2D eigenvalue weighted by molar-refractivity contribution is 0.373. The van der Waals surface area contributed by atoms with Crippen LogP contribution in [0.4, 0.5) is 13.2 Å². The number of hydrogen-bond acceptors (Lipinski definition) is 5. The first-order valence-electron chi connectivity index (χ1n) is 3.62. The maximum absolute atomic E-state index is 12.3. The normalized spacial score (nSPS) is 11.4. The molecule has 0 aliphatic rings. The number of allylic oxidation sites excluding steroid dienone is 1. The van der Waals surface area contributed by atoms with Gasteiger partial charge in [0.1, 0.15) is 5.51 Å². The fourth-order valence-electron chi connectivity index (χ4n) is 0.704. The number of rotatable bonds is 4. The van der Waals surface area contributed by atoms with E-state index in [-0.39, 0.29) is 4.34 Å². The molecule has 0 radical (unpaired) electrons. The van der Waals surface area contributed by atoms with Crippen LogP contribution in [-0.2, 0) is 9.84 Å². The highest BCUT2D eigenvalue weighted by Crippen LogP contribution is 2.18. The molecular weight excluding hydrogens is 253 g/mol. The summed E-state index contributed by atoms with van der Waals surface area (Å²) in [6, 6.07) is 0. The molecule has 4 nitrogen and oxygen atoms in total. The van der Waals surface area contributed by atoms with Gasteiger partial charge >= 0.3 is 6.08 Å². The minimum Gasteiger partial charge on any atom is -0.221 e. The zero-order valence-corrected chi connectivity index (χ0v) is 8.79. The van der Waals surface area contributed by atoms with Crippen LogP contribution in [0, 0.1) is 0 Å². The molecule has 15 heavy (non-hydrogen) atoms. The van der Waals surface area contributed by atoms with Crippen molar-refractivity contribution in [2.24, 2.45) is 0 Å². The van der Waals surface area contributed by atoms with Gasteiger partial charge in [-0.05, 0) is 0 Å². The summed E-state index contributed by atoms with van der Waals surface area (Å²) < 4.78 is 57.9. The first-order valence-corrected chi connectivity index (χ1v) is 6.15. The standard InChI is InChI=1S/C6H5F3N2O2S2/c7-4(5(8)9)1-2-15(12,13)6-11-10-3-14-6/h3H,1-2H2. The second kappa shape index (κ2) is 4.71. The minimum absolute atomic E-state index is 0.297. The Balaban J connectivity index is 2.72. The molecule has 0 saturated heterocycles. The third-order valence-electron chi connectivity index (χ3n) is 1.40. The van der Waals surface area contributed by atoms with Gasteiger partial charge in [0.25, 0.3) is 0 Å². The van der Waals surface area contributed by atoms with Gasteiger partial charge in [0.2, 0.25) is 14.2 Å². The average Bonchev–Trinajstić information content (AvgIpc) is 2.67. The number of halogens is 3. The van der Waals surface area contributed by atoms with Crippen molar-refractivity contribution in [1.82, 2.24) is 10.2 Å². The Morgan fingerprint density at radius 2 is 2.07 bits per heavy atom. The van der Waals surface area contributed by atoms with Crippen molar-refractivity contribution in [3.63, 3.8) is 0 Å². The largest absolute Gasteiger partial charge is 0.301 e. The molecule has 0 bridgehead atoms. The third kappa shape index (κ3) is 3.27. The lowest BCUT2D eigenvalue weighted by atomic mass is 10.4. The lowest BCUT2D eigenvalue weighted by Gasteiger charge is -1.97. The summed E-state index contributed by atoms with van der Waals surface area (Å²) >= 11 is 0.754. The van der Waals surface area contributed by atoms with E-state index in [2.05, 4.69) is 10.2 Å². The van der Waals surface area contributed by atoms with Gasteiger partial charge in [-0.2, -0.15) is 8.78 Å². The Morgan fingerprint density at radius 3 is 2.53 bits per heavy atom. The van der Waals surface area contributed by atoms with E-state index < -0.39 is 33.9 Å². The van der Waals surface area contributed by atoms with Crippen molar-refractivity contribution in [2.45, 2.75) is 10.8 Å². The monoisotopic (exact) mass is 258 g/mol. The third-order valence-corrected chi connectivity index (χ3v) is 4.29. The van der Waals surface area contributed by atoms with Crippen LogP contribution in [-0.4, -0.2) is 24.4 Å². The van der Waals surface area contributed by atoms with E-state index in [1.54, 1.807) is 0 Å². The van der Waals surface area contributed by atoms with Crippen LogP contribution in [0.15, 0.2) is 21.8 Å². The predicted molar refractivity (Wildman–Crippen MR) is 46.9 cm³/mol. The first kappa shape index (κ1) is 12.1. The summed E-state index contributed by atoms with van der Waals surface area (Å²) in [6.07, 6.45) is -3.35. The first-order chi connectivity index (χ1) is 6.93. The Bertz CT molecular complexity index is 451. The maximum atomic E-state index is 12.3. The topological polar surface area (TPSA) is 59.9 Å². The Labute approximate surface area is 87.4 Å². The molecule has 9 heteroatoms. The van der Waals surface area contributed by atoms with Crippen LogP contribution in [0.1, 0.15) is 6.42 Å². The predicted octanol–water partition coefficient (Wildman–Crippen LogP) is 1.78. The van der Waals surface area contributed by atoms with E-state index in [1.165, 1.54) is 5.51 Å². The fraction of sp³-hybridized carbons (Fsp3) is 0.333. The highest BCUT2D eigenvalue weighted by atomic mass is 32.2. The van der Waals surface area contributed by atoms with Gasteiger partial charge in [0.15, 0.2) is 5.83 Å². The molecule has 1 aromatic rings. The molecular formula is C6H5F3N2O2S2. The number of nitrogens with zero attached hydrogens (tertiary/aromatic N) is 2. The maximum Gasteiger partial charge on any atom is 0.301 e. The molecule has 0 amide bonds. The summed E-state index contributed by atoms with van der Waals surface area (Å²) in [5.41, 5.74) is 1.19. The van der Waals surface area contributed by atoms with Crippen LogP contribution in [0.2, 0.25) is 0 Å². The highest BCUT2D eigenvalue weighted by molar-refractivity contribution is 7.93. The van der Waals surface area contributed by atoms with E-state index in [4.69, 9.17) is 0 Å². The van der Waals surface area contributed by atoms with E-state index in [0.29, 0.717) is 0 Å². The molecule has 0 atom stereocenters. The van der Waals surface area contributed by atoms with Crippen molar-refractivity contribution >= 4 is 21.2 Å². The van der Waals surface area contributed by atoms with Crippen LogP contribution >= 0.6 is 11.3 Å². The van der Waals surface area contributed by atoms with Gasteiger partial charge in [-0.1, -0.05) is 11.3 Å². The lowest BCUT2D eigenvalue weighted by Crippen LogP contribution is -2.06. The minimum atomic E-state index is -3.81. The molecule has 0 saturated carbocycles. The Morgan fingerprint density at radius 1 is 1.40 bits per heavy atom. The summed E-state index contributed by atoms with van der Waals surface area (Å²) in [6.45, 7) is 0. The second-order valence-electron chi connectivity index (χ2n) is 2.44. The molecule has 0 fully saturated rings. The molecule has 0 aromatic carbocycles. The molecule has 0 aliphatic heterocycles. The van der Waals surface area contributed by atoms with Gasteiger partial charge < -0.3 is 0 Å². The van der Waals surface area contributed by atoms with Gasteiger partial charge in [0, 0.05) is 6.42 Å². The van der Waals surface area contributed by atoms with Gasteiger partial charge in [-0.3, -0.25) is 0 Å². The van der Waals surface area contributed by atoms with Gasteiger partial charge in [-0.15, -0.1) is 10.2 Å². The summed E-state index contributed by atoms with van der Waals surface area (Å²) in [5.74, 6) is -2.46. The Kier molecular flexibility index (Phi) is 3.80. The summed E-state index contributed by atoms with van der Waals surface area (Å²) in [4.78, 5) is 0. The van der Waals surface area contributed by atoms with Crippen molar-refractivity contribution in [3.8, 4) is 0 Å². The zero-order valence-electron chi connectivity index (χ0n) is 7.15. The molecule has 0 spiro atoms. The summed E-state index contributed by atoms with van der Waals surface area (Å²) in [7, 11) is -3.81. The highest BCUT2D eigenvalue weighted by Gasteiger charge is 2.20. The summed E-state index contributed by atoms with van der Waals surface area (Å²) in [5, 5.41) is 6.55. The fourth-order valence-corrected chi connectivity index (χ4v) is 2.74. The van der Waals surface area contributed by atoms with E-state index in [0.717, 1.165) is 11.3 Å². The molecule has 84 valence electrons. The molecule has 0 aliphatic carbocycles. The number of aromatic nitrogens is 2. The second-order valence-corrected chi connectivity index (χ2v) is 5.55. The van der Waals surface area contributed by atoms with Crippen molar-refractivity contribution in [2.75, 3.05) is 5.75 Å². The van der Waals surface area contributed by atoms with E-state index in [1.807, 2.05) is 0 Å². The van der Waals surface area contributed by atoms with Gasteiger partial charge in [0.05, 0.1) is 5.75 Å². The zero-order chi connectivity index (χ0) is 11.5. The van der Waals surface area contributed by atoms with Crippen molar-refractivity contribution in [3.05, 3.63) is 17.4 Å². The number of hydrogen-bond donors (Lipinski definition) is 0. The average molecular weight is 258 g/mol. The Hall–Kier alpha value is -0.960. The van der Waals surface area contributed by atoms with Gasteiger partial charge in [-0.25, -0.2) is 12.8 Å². The van der Waals surface area contributed by atoms with E-state index >= 15 is 0 Å². The molecule has 0 N–H and O–H groups in total. The molecule has 1 rings (SSSR count). The van der Waals surface area contributed by atoms with Crippen molar-refractivity contribution in [1.29, 1.82) is 0 Å². The van der Waals surface area contributed by atoms with Crippen LogP contribution in [0.3, 0.4) is 0 Å².